The van der Waals surface area contributed by atoms with Gasteiger partial charge in [0.1, 0.15) is 5.75 Å². The summed E-state index contributed by atoms with van der Waals surface area (Å²) in [7, 11) is 3.17. The molecule has 3 aromatic heterocycles. The number of aromatic nitrogens is 5. The van der Waals surface area contributed by atoms with Crippen molar-refractivity contribution in [3.63, 3.8) is 0 Å². The number of ether oxygens (including phenoxy) is 1. The zero-order valence-electron chi connectivity index (χ0n) is 16.3. The van der Waals surface area contributed by atoms with E-state index in [-0.39, 0.29) is 0 Å². The lowest BCUT2D eigenvalue weighted by Crippen LogP contribution is -2.28. The van der Waals surface area contributed by atoms with Gasteiger partial charge in [-0.1, -0.05) is 11.6 Å². The van der Waals surface area contributed by atoms with Gasteiger partial charge >= 0.3 is 5.69 Å². The van der Waals surface area contributed by atoms with Gasteiger partial charge in [0.25, 0.3) is 5.56 Å². The van der Waals surface area contributed by atoms with Crippen molar-refractivity contribution in [1.82, 2.24) is 23.5 Å². The largest absolute Gasteiger partial charge is 0.495 e. The van der Waals surface area contributed by atoms with Crippen LogP contribution in [0.5, 0.6) is 5.75 Å². The first-order chi connectivity index (χ1) is 13.9. The molecule has 0 bridgehead atoms. The summed E-state index contributed by atoms with van der Waals surface area (Å²) in [5, 5.41) is 3.89. The van der Waals surface area contributed by atoms with Crippen molar-refractivity contribution in [2.24, 2.45) is 7.05 Å². The number of hydrogen-bond acceptors (Lipinski definition) is 5. The van der Waals surface area contributed by atoms with Gasteiger partial charge in [0.15, 0.2) is 11.2 Å². The van der Waals surface area contributed by atoms with Crippen molar-refractivity contribution in [2.45, 2.75) is 19.9 Å². The Morgan fingerprint density at radius 2 is 2.10 bits per heavy atom. The van der Waals surface area contributed by atoms with Crippen LogP contribution in [0.3, 0.4) is 0 Å². The molecule has 0 radical (unpaired) electrons. The topological polar surface area (TPSA) is 98.4 Å². The quantitative estimate of drug-likeness (QED) is 0.469. The van der Waals surface area contributed by atoms with Crippen LogP contribution in [0.15, 0.2) is 34.0 Å². The summed E-state index contributed by atoms with van der Waals surface area (Å²) in [6, 6.07) is 5.56. The molecule has 0 atom stereocenters. The Kier molecular flexibility index (Phi) is 4.83. The van der Waals surface area contributed by atoms with Crippen molar-refractivity contribution >= 4 is 34.2 Å². The lowest BCUT2D eigenvalue weighted by atomic mass is 10.3. The highest BCUT2D eigenvalue weighted by Gasteiger charge is 2.17. The SMILES string of the molecule is COc1ccc(NCCCn2c(C)cn3c4c(=O)[nH]c(=O)n(C)c4nc23)cc1Cl. The molecule has 0 fully saturated rings. The second-order valence-corrected chi connectivity index (χ2v) is 7.23. The fraction of sp³-hybridized carbons (Fsp3) is 0.316. The van der Waals surface area contributed by atoms with E-state index in [4.69, 9.17) is 16.3 Å². The van der Waals surface area contributed by atoms with E-state index in [1.54, 1.807) is 18.6 Å². The van der Waals surface area contributed by atoms with Gasteiger partial charge in [0, 0.05) is 37.7 Å². The van der Waals surface area contributed by atoms with Crippen LogP contribution in [0, 0.1) is 6.92 Å². The lowest BCUT2D eigenvalue weighted by molar-refractivity contribution is 0.415. The summed E-state index contributed by atoms with van der Waals surface area (Å²) in [6.45, 7) is 3.40. The second kappa shape index (κ2) is 7.32. The fourth-order valence-corrected chi connectivity index (χ4v) is 3.70. The predicted octanol–water partition coefficient (Wildman–Crippen LogP) is 2.15. The third kappa shape index (κ3) is 3.27. The summed E-state index contributed by atoms with van der Waals surface area (Å²) in [4.78, 5) is 31.0. The summed E-state index contributed by atoms with van der Waals surface area (Å²) >= 11 is 6.15. The molecule has 0 spiro atoms. The standard InChI is InChI=1S/C19H21ClN6O3/c1-11-10-26-15-16(24(2)19(28)23-17(15)27)22-18(26)25(11)8-4-7-21-12-5-6-14(29-3)13(20)9-12/h5-6,9-10,21H,4,7-8H2,1-3H3,(H,23,27,28). The average molecular weight is 417 g/mol. The molecule has 29 heavy (non-hydrogen) atoms. The molecule has 0 aliphatic rings. The number of methoxy groups -OCH3 is 1. The Morgan fingerprint density at radius 3 is 2.83 bits per heavy atom. The molecule has 3 heterocycles. The van der Waals surface area contributed by atoms with Crippen molar-refractivity contribution in [1.29, 1.82) is 0 Å². The predicted molar refractivity (Wildman–Crippen MR) is 112 cm³/mol. The minimum absolute atomic E-state index is 0.369. The Bertz CT molecular complexity index is 1330. The van der Waals surface area contributed by atoms with Crippen LogP contribution < -0.4 is 21.3 Å². The van der Waals surface area contributed by atoms with Crippen molar-refractivity contribution < 1.29 is 4.74 Å². The number of rotatable bonds is 6. The minimum atomic E-state index is -0.478. The Morgan fingerprint density at radius 1 is 1.31 bits per heavy atom. The Labute approximate surface area is 170 Å². The second-order valence-electron chi connectivity index (χ2n) is 6.82. The Hall–Kier alpha value is -3.20. The van der Waals surface area contributed by atoms with E-state index in [2.05, 4.69) is 15.3 Å². The fourth-order valence-electron chi connectivity index (χ4n) is 3.44. The van der Waals surface area contributed by atoms with Gasteiger partial charge < -0.3 is 14.6 Å². The minimum Gasteiger partial charge on any atom is -0.495 e. The molecule has 1 aromatic carbocycles. The molecular weight excluding hydrogens is 396 g/mol. The summed E-state index contributed by atoms with van der Waals surface area (Å²) in [5.41, 5.74) is 1.72. The number of nitrogens with one attached hydrogen (secondary N) is 2. The maximum atomic E-state index is 12.3. The molecule has 0 amide bonds. The number of H-pyrrole nitrogens is 1. The molecule has 2 N–H and O–H groups in total. The first kappa shape index (κ1) is 19.1. The number of aromatic amines is 1. The molecule has 0 saturated carbocycles. The van der Waals surface area contributed by atoms with Gasteiger partial charge in [0.2, 0.25) is 5.78 Å². The van der Waals surface area contributed by atoms with Crippen LogP contribution in [0.25, 0.3) is 16.9 Å². The smallest absolute Gasteiger partial charge is 0.329 e. The lowest BCUT2D eigenvalue weighted by Gasteiger charge is -2.10. The maximum absolute atomic E-state index is 12.3. The van der Waals surface area contributed by atoms with E-state index >= 15 is 0 Å². The highest BCUT2D eigenvalue weighted by Crippen LogP contribution is 2.27. The van der Waals surface area contributed by atoms with E-state index < -0.39 is 11.2 Å². The number of nitrogens with zero attached hydrogens (tertiary/aromatic N) is 4. The number of benzene rings is 1. The van der Waals surface area contributed by atoms with Crippen LogP contribution in [0.1, 0.15) is 12.1 Å². The van der Waals surface area contributed by atoms with E-state index in [1.807, 2.05) is 35.9 Å². The normalized spacial score (nSPS) is 11.4. The molecule has 0 aliphatic carbocycles. The van der Waals surface area contributed by atoms with Crippen LogP contribution in [0.4, 0.5) is 5.69 Å². The molecule has 0 aliphatic heterocycles. The highest BCUT2D eigenvalue weighted by atomic mass is 35.5. The summed E-state index contributed by atoms with van der Waals surface area (Å²) in [6.07, 6.45) is 2.69. The van der Waals surface area contributed by atoms with E-state index in [1.165, 1.54) is 4.57 Å². The molecule has 0 unspecified atom stereocenters. The van der Waals surface area contributed by atoms with Crippen LogP contribution in [-0.2, 0) is 13.6 Å². The summed E-state index contributed by atoms with van der Waals surface area (Å²) in [5.74, 6) is 1.27. The van der Waals surface area contributed by atoms with Gasteiger partial charge in [-0.3, -0.25) is 18.7 Å². The molecule has 4 aromatic rings. The number of aryl methyl sites for hydroxylation is 3. The van der Waals surface area contributed by atoms with Crippen LogP contribution in [0.2, 0.25) is 5.02 Å². The van der Waals surface area contributed by atoms with E-state index in [9.17, 15) is 9.59 Å². The number of hydrogen-bond donors (Lipinski definition) is 2. The first-order valence-corrected chi connectivity index (χ1v) is 9.53. The van der Waals surface area contributed by atoms with Crippen molar-refractivity contribution in [2.75, 3.05) is 19.0 Å². The molecule has 152 valence electrons. The monoisotopic (exact) mass is 416 g/mol. The number of halogens is 1. The van der Waals surface area contributed by atoms with Crippen LogP contribution in [-0.4, -0.2) is 37.2 Å². The molecule has 10 heteroatoms. The van der Waals surface area contributed by atoms with E-state index in [0.717, 1.165) is 24.3 Å². The highest BCUT2D eigenvalue weighted by molar-refractivity contribution is 6.32. The number of fused-ring (bicyclic) bond motifs is 3. The van der Waals surface area contributed by atoms with Gasteiger partial charge in [-0.05, 0) is 31.5 Å². The molecule has 9 nitrogen and oxygen atoms in total. The average Bonchev–Trinajstić information content (AvgIpc) is 3.19. The van der Waals surface area contributed by atoms with Gasteiger partial charge in [-0.2, -0.15) is 4.98 Å². The van der Waals surface area contributed by atoms with Gasteiger partial charge in [-0.25, -0.2) is 4.79 Å². The maximum Gasteiger partial charge on any atom is 0.329 e. The van der Waals surface area contributed by atoms with Crippen LogP contribution >= 0.6 is 11.6 Å². The summed E-state index contributed by atoms with van der Waals surface area (Å²) < 4.78 is 10.3. The van der Waals surface area contributed by atoms with Crippen molar-refractivity contribution in [3.8, 4) is 5.75 Å². The first-order valence-electron chi connectivity index (χ1n) is 9.15. The van der Waals surface area contributed by atoms with Crippen molar-refractivity contribution in [3.05, 3.63) is 56.0 Å². The zero-order valence-corrected chi connectivity index (χ0v) is 17.1. The third-order valence-corrected chi connectivity index (χ3v) is 5.25. The number of imidazole rings is 2. The molecule has 4 rings (SSSR count). The van der Waals surface area contributed by atoms with E-state index in [0.29, 0.717) is 34.3 Å². The van der Waals surface area contributed by atoms with Gasteiger partial charge in [0.05, 0.1) is 12.1 Å². The molecule has 0 saturated heterocycles. The van der Waals surface area contributed by atoms with Gasteiger partial charge in [-0.15, -0.1) is 0 Å². The molecular formula is C19H21ClN6O3. The Balaban J connectivity index is 1.55. The number of anilines is 1. The zero-order chi connectivity index (χ0) is 20.7. The third-order valence-electron chi connectivity index (χ3n) is 4.95.